The van der Waals surface area contributed by atoms with Crippen molar-refractivity contribution < 1.29 is 0 Å². The Kier molecular flexibility index (Phi) is 8.20. The van der Waals surface area contributed by atoms with Crippen LogP contribution in [0.2, 0.25) is 0 Å². The van der Waals surface area contributed by atoms with Crippen molar-refractivity contribution in [3.63, 3.8) is 0 Å². The van der Waals surface area contributed by atoms with E-state index in [4.69, 9.17) is 0 Å². The van der Waals surface area contributed by atoms with Crippen LogP contribution in [0, 0.1) is 0 Å². The Morgan fingerprint density at radius 3 is 1.54 bits per heavy atom. The molecule has 0 aliphatic heterocycles. The van der Waals surface area contributed by atoms with Crippen LogP contribution in [0.4, 0.5) is 34.1 Å². The maximum absolute atomic E-state index is 2.45. The third-order valence-corrected chi connectivity index (χ3v) is 12.4. The minimum atomic E-state index is -0.221. The summed E-state index contributed by atoms with van der Waals surface area (Å²) < 4.78 is 0. The lowest BCUT2D eigenvalue weighted by Crippen LogP contribution is -2.16. The number of para-hydroxylation sites is 3. The van der Waals surface area contributed by atoms with E-state index in [9.17, 15) is 0 Å². The zero-order valence-electron chi connectivity index (χ0n) is 33.2. The minimum Gasteiger partial charge on any atom is -0.310 e. The predicted octanol–water partition coefficient (Wildman–Crippen LogP) is 16.1. The second-order valence-electron chi connectivity index (χ2n) is 16.1. The Morgan fingerprint density at radius 2 is 0.864 bits per heavy atom. The van der Waals surface area contributed by atoms with E-state index in [-0.39, 0.29) is 5.41 Å². The highest BCUT2D eigenvalue weighted by Gasteiger charge is 2.39. The Labute approximate surface area is 345 Å². The maximum atomic E-state index is 2.45. The fourth-order valence-corrected chi connectivity index (χ4v) is 9.65. The second kappa shape index (κ2) is 13.9. The Bertz CT molecular complexity index is 3120. The molecule has 1 aliphatic carbocycles. The van der Waals surface area contributed by atoms with Crippen LogP contribution in [0.15, 0.2) is 218 Å². The molecule has 0 unspecified atom stereocenters. The molecule has 0 saturated carbocycles. The van der Waals surface area contributed by atoms with Crippen molar-refractivity contribution in [2.75, 3.05) is 9.80 Å². The smallest absolute Gasteiger partial charge is 0.0540 e. The zero-order valence-corrected chi connectivity index (χ0v) is 33.2. The molecule has 10 aromatic carbocycles. The van der Waals surface area contributed by atoms with Gasteiger partial charge in [0, 0.05) is 39.2 Å². The van der Waals surface area contributed by atoms with Crippen molar-refractivity contribution in [2.45, 2.75) is 19.3 Å². The van der Waals surface area contributed by atoms with E-state index >= 15 is 0 Å². The van der Waals surface area contributed by atoms with Crippen LogP contribution in [0.25, 0.3) is 54.6 Å². The number of fused-ring (bicyclic) bond motifs is 9. The summed E-state index contributed by atoms with van der Waals surface area (Å²) in [6.45, 7) is 4.82. The zero-order chi connectivity index (χ0) is 39.5. The van der Waals surface area contributed by atoms with Gasteiger partial charge >= 0.3 is 0 Å². The summed E-state index contributed by atoms with van der Waals surface area (Å²) in [5.74, 6) is 0. The van der Waals surface area contributed by atoms with Crippen molar-refractivity contribution in [1.29, 1.82) is 0 Å². The first kappa shape index (κ1) is 34.8. The van der Waals surface area contributed by atoms with Gasteiger partial charge in [-0.25, -0.2) is 0 Å². The first-order valence-corrected chi connectivity index (χ1v) is 20.5. The van der Waals surface area contributed by atoms with E-state index in [2.05, 4.69) is 242 Å². The van der Waals surface area contributed by atoms with Gasteiger partial charge in [-0.2, -0.15) is 0 Å². The molecule has 280 valence electrons. The molecule has 0 fully saturated rings. The van der Waals surface area contributed by atoms with Gasteiger partial charge < -0.3 is 9.80 Å². The molecule has 1 aliphatic rings. The van der Waals surface area contributed by atoms with Crippen LogP contribution < -0.4 is 9.80 Å². The number of nitrogens with zero attached hydrogens (tertiary/aromatic N) is 2. The lowest BCUT2D eigenvalue weighted by molar-refractivity contribution is 0.667. The van der Waals surface area contributed by atoms with Gasteiger partial charge in [-0.05, 0) is 133 Å². The van der Waals surface area contributed by atoms with Crippen LogP contribution >= 0.6 is 0 Å². The maximum Gasteiger partial charge on any atom is 0.0540 e. The topological polar surface area (TPSA) is 6.48 Å². The average molecular weight is 755 g/mol. The summed E-state index contributed by atoms with van der Waals surface area (Å²) in [6.07, 6.45) is 0. The van der Waals surface area contributed by atoms with Crippen molar-refractivity contribution in [3.05, 3.63) is 230 Å². The molecule has 0 saturated heterocycles. The highest BCUT2D eigenvalue weighted by atomic mass is 15.1. The van der Waals surface area contributed by atoms with Gasteiger partial charge in [-0.15, -0.1) is 0 Å². The van der Waals surface area contributed by atoms with E-state index in [0.717, 1.165) is 28.4 Å². The fourth-order valence-electron chi connectivity index (χ4n) is 9.65. The molecule has 59 heavy (non-hydrogen) atoms. The summed E-state index contributed by atoms with van der Waals surface area (Å²) in [4.78, 5) is 4.73. The quantitative estimate of drug-likeness (QED) is 0.150. The number of hydrogen-bond acceptors (Lipinski definition) is 2. The molecule has 2 heteroatoms. The predicted molar refractivity (Wildman–Crippen MR) is 251 cm³/mol. The Balaban J connectivity index is 1.02. The first-order chi connectivity index (χ1) is 29.0. The van der Waals surface area contributed by atoms with Gasteiger partial charge in [0.25, 0.3) is 0 Å². The van der Waals surface area contributed by atoms with Crippen LogP contribution in [0.5, 0.6) is 0 Å². The molecule has 11 rings (SSSR count). The van der Waals surface area contributed by atoms with Crippen molar-refractivity contribution in [2.24, 2.45) is 0 Å². The minimum absolute atomic E-state index is 0.221. The van der Waals surface area contributed by atoms with E-state index in [0.29, 0.717) is 0 Å². The molecule has 0 bridgehead atoms. The highest BCUT2D eigenvalue weighted by molar-refractivity contribution is 6.19. The van der Waals surface area contributed by atoms with Gasteiger partial charge in [0.2, 0.25) is 0 Å². The lowest BCUT2D eigenvalue weighted by atomic mass is 9.78. The fraction of sp³-hybridized carbons (Fsp3) is 0.0526. The molecule has 0 radical (unpaired) electrons. The van der Waals surface area contributed by atoms with Gasteiger partial charge in [-0.1, -0.05) is 159 Å². The molecule has 0 spiro atoms. The highest BCUT2D eigenvalue weighted by Crippen LogP contribution is 2.56. The SMILES string of the molecule is CC1(C)c2cc(-c3ccc(N(c4ccccc4)c4cccc5ccccc45)cc3)ccc2-c2c1c1ccc(N(c3ccccc3)c3ccccc3)cc1c1ccccc21. The Morgan fingerprint density at radius 1 is 0.339 bits per heavy atom. The standard InChI is InChI=1S/C57H42N2/c1-57(2)53-37-41(39-29-32-45(33-30-39)59(44-23-10-5-11-24-44)54-28-16-18-40-17-12-13-25-47(40)54)31-35-51(53)55-49-27-15-14-26-48(49)52-38-46(34-36-50(52)56(55)57)58(42-19-6-3-7-20-42)43-21-8-4-9-22-43/h3-38H,1-2H3. The van der Waals surface area contributed by atoms with Crippen LogP contribution in [-0.4, -0.2) is 0 Å². The van der Waals surface area contributed by atoms with Crippen molar-refractivity contribution >= 4 is 66.4 Å². The monoisotopic (exact) mass is 754 g/mol. The van der Waals surface area contributed by atoms with E-state index in [1.807, 2.05) is 0 Å². The van der Waals surface area contributed by atoms with Crippen molar-refractivity contribution in [1.82, 2.24) is 0 Å². The van der Waals surface area contributed by atoms with E-state index in [1.54, 1.807) is 0 Å². The number of anilines is 6. The first-order valence-electron chi connectivity index (χ1n) is 20.5. The number of rotatable bonds is 7. The van der Waals surface area contributed by atoms with Crippen LogP contribution in [-0.2, 0) is 5.41 Å². The third kappa shape index (κ3) is 5.71. The third-order valence-electron chi connectivity index (χ3n) is 12.4. The van der Waals surface area contributed by atoms with E-state index in [1.165, 1.54) is 71.4 Å². The summed E-state index contributed by atoms with van der Waals surface area (Å²) >= 11 is 0. The second-order valence-corrected chi connectivity index (χ2v) is 16.1. The van der Waals surface area contributed by atoms with Crippen LogP contribution in [0.1, 0.15) is 25.0 Å². The molecular formula is C57H42N2. The summed E-state index contributed by atoms with van der Waals surface area (Å²) in [6, 6.07) is 79.6. The normalized spacial score (nSPS) is 12.7. The van der Waals surface area contributed by atoms with Gasteiger partial charge in [-0.3, -0.25) is 0 Å². The molecular weight excluding hydrogens is 713 g/mol. The molecule has 0 heterocycles. The van der Waals surface area contributed by atoms with Gasteiger partial charge in [0.15, 0.2) is 0 Å². The lowest BCUT2D eigenvalue weighted by Gasteiger charge is -2.28. The molecule has 2 nitrogen and oxygen atoms in total. The molecule has 0 atom stereocenters. The van der Waals surface area contributed by atoms with Crippen molar-refractivity contribution in [3.8, 4) is 22.3 Å². The average Bonchev–Trinajstić information content (AvgIpc) is 3.54. The molecule has 0 aromatic heterocycles. The summed E-state index contributed by atoms with van der Waals surface area (Å²) in [5.41, 5.74) is 14.5. The van der Waals surface area contributed by atoms with Crippen LogP contribution in [0.3, 0.4) is 0 Å². The van der Waals surface area contributed by atoms with Gasteiger partial charge in [0.1, 0.15) is 0 Å². The largest absolute Gasteiger partial charge is 0.310 e. The molecule has 0 amide bonds. The summed E-state index contributed by atoms with van der Waals surface area (Å²) in [7, 11) is 0. The van der Waals surface area contributed by atoms with E-state index < -0.39 is 0 Å². The number of benzene rings is 10. The number of hydrogen-bond donors (Lipinski definition) is 0. The molecule has 0 N–H and O–H groups in total. The molecule has 10 aromatic rings. The van der Waals surface area contributed by atoms with Gasteiger partial charge in [0.05, 0.1) is 5.69 Å². The Hall–Kier alpha value is -7.42. The summed E-state index contributed by atoms with van der Waals surface area (Å²) in [5, 5.41) is 7.62.